The minimum Gasteiger partial charge on any atom is -0.336 e. The molecule has 2 aliphatic rings. The number of aromatic nitrogens is 2. The lowest BCUT2D eigenvalue weighted by atomic mass is 9.67. The van der Waals surface area contributed by atoms with E-state index in [0.717, 1.165) is 0 Å². The smallest absolute Gasteiger partial charge is 0.0734 e. The largest absolute Gasteiger partial charge is 0.336 e. The zero-order valence-electron chi connectivity index (χ0n) is 36.9. The highest BCUT2D eigenvalue weighted by molar-refractivity contribution is 6.15. The molecule has 0 spiro atoms. The number of para-hydroxylation sites is 2. The van der Waals surface area contributed by atoms with E-state index in [1.165, 1.54) is 110 Å². The summed E-state index contributed by atoms with van der Waals surface area (Å²) in [5.74, 6) is 0. The fourth-order valence-electron chi connectivity index (χ4n) is 12.7. The molecule has 2 aliphatic carbocycles. The monoisotopic (exact) mass is 852 g/mol. The first-order valence-electron chi connectivity index (χ1n) is 23.5. The van der Waals surface area contributed by atoms with E-state index in [9.17, 15) is 0 Å². The first-order chi connectivity index (χ1) is 33.3. The number of fused-ring (bicyclic) bond motifs is 14. The standard InChI is InChI=1S/C65H44N2/c1-5-22-44(23-6-1)64(45-24-7-2-8-25-45)56-34-17-13-30-48(56)52-38-40-54-50-32-15-19-36-58(50)66(62(54)60(52)64)42-21-43-67-59-37-20-16-33-51(59)55-41-39-53-49-31-14-18-35-57(49)65(61(53)63(55)67,46-26-9-3-10-27-46)47-28-11-4-12-29-47/h1-42H,43H2/b42-21+. The van der Waals surface area contributed by atoms with Gasteiger partial charge in [0.1, 0.15) is 0 Å². The quantitative estimate of drug-likeness (QED) is 0.151. The maximum Gasteiger partial charge on any atom is 0.0734 e. The van der Waals surface area contributed by atoms with Crippen molar-refractivity contribution in [1.29, 1.82) is 0 Å². The van der Waals surface area contributed by atoms with Gasteiger partial charge in [0.15, 0.2) is 0 Å². The number of benzene rings is 10. The third kappa shape index (κ3) is 5.05. The average Bonchev–Trinajstić information content (AvgIpc) is 4.10. The summed E-state index contributed by atoms with van der Waals surface area (Å²) in [4.78, 5) is 0. The van der Waals surface area contributed by atoms with Gasteiger partial charge in [0.05, 0.1) is 27.4 Å². The minimum atomic E-state index is -0.547. The van der Waals surface area contributed by atoms with Crippen molar-refractivity contribution in [2.45, 2.75) is 17.4 Å². The van der Waals surface area contributed by atoms with E-state index in [1.807, 2.05) is 0 Å². The lowest BCUT2D eigenvalue weighted by Crippen LogP contribution is -2.29. The zero-order valence-corrected chi connectivity index (χ0v) is 36.9. The lowest BCUT2D eigenvalue weighted by Gasteiger charge is -2.34. The van der Waals surface area contributed by atoms with Gasteiger partial charge in [-0.05, 0) is 73.8 Å². The van der Waals surface area contributed by atoms with Crippen LogP contribution in [0.4, 0.5) is 0 Å². The molecule has 314 valence electrons. The second-order valence-electron chi connectivity index (χ2n) is 18.2. The first kappa shape index (κ1) is 37.9. The normalized spacial score (nSPS) is 14.2. The number of rotatable bonds is 7. The van der Waals surface area contributed by atoms with Crippen LogP contribution in [-0.4, -0.2) is 9.13 Å². The SMILES string of the molecule is C(=C\n1c2ccccc2c2ccc3c(c21)C(c1ccccc1)(c1ccccc1)c1ccccc1-3)/Cn1c2ccccc2c2ccc3c(c21)C(c1ccccc1)(c1ccccc1)c1ccccc1-3. The Kier molecular flexibility index (Phi) is 8.21. The van der Waals surface area contributed by atoms with Crippen molar-refractivity contribution in [2.75, 3.05) is 0 Å². The van der Waals surface area contributed by atoms with Crippen LogP contribution in [0.3, 0.4) is 0 Å². The first-order valence-corrected chi connectivity index (χ1v) is 23.5. The van der Waals surface area contributed by atoms with Crippen LogP contribution in [-0.2, 0) is 17.4 Å². The summed E-state index contributed by atoms with van der Waals surface area (Å²) in [6, 6.07) is 90.4. The molecule has 0 unspecified atom stereocenters. The van der Waals surface area contributed by atoms with Gasteiger partial charge >= 0.3 is 0 Å². The Balaban J connectivity index is 1.05. The summed E-state index contributed by atoms with van der Waals surface area (Å²) in [5.41, 5.74) is 19.4. The highest BCUT2D eigenvalue weighted by atomic mass is 15.0. The molecule has 10 aromatic carbocycles. The third-order valence-corrected chi connectivity index (χ3v) is 15.2. The van der Waals surface area contributed by atoms with Gasteiger partial charge in [-0.3, -0.25) is 0 Å². The number of hydrogen-bond acceptors (Lipinski definition) is 0. The molecule has 67 heavy (non-hydrogen) atoms. The number of nitrogens with zero attached hydrogens (tertiary/aromatic N) is 2. The molecule has 0 fully saturated rings. The van der Waals surface area contributed by atoms with E-state index in [0.29, 0.717) is 6.54 Å². The molecule has 2 heterocycles. The Labute approximate surface area is 390 Å². The second-order valence-corrected chi connectivity index (χ2v) is 18.2. The molecule has 0 N–H and O–H groups in total. The maximum atomic E-state index is 2.60. The van der Waals surface area contributed by atoms with Crippen LogP contribution >= 0.6 is 0 Å². The van der Waals surface area contributed by atoms with Crippen LogP contribution < -0.4 is 0 Å². The van der Waals surface area contributed by atoms with Crippen LogP contribution in [0.15, 0.2) is 249 Å². The summed E-state index contributed by atoms with van der Waals surface area (Å²) in [5, 5.41) is 5.04. The number of hydrogen-bond donors (Lipinski definition) is 0. The van der Waals surface area contributed by atoms with Crippen molar-refractivity contribution in [3.63, 3.8) is 0 Å². The van der Waals surface area contributed by atoms with E-state index in [-0.39, 0.29) is 0 Å². The van der Waals surface area contributed by atoms with E-state index in [1.54, 1.807) is 0 Å². The van der Waals surface area contributed by atoms with Crippen LogP contribution in [0, 0.1) is 0 Å². The predicted molar refractivity (Wildman–Crippen MR) is 279 cm³/mol. The Morgan fingerprint density at radius 2 is 0.701 bits per heavy atom. The summed E-state index contributed by atoms with van der Waals surface area (Å²) in [7, 11) is 0. The molecule has 0 amide bonds. The van der Waals surface area contributed by atoms with Crippen LogP contribution in [0.25, 0.3) is 72.1 Å². The number of allylic oxidation sites excluding steroid dienone is 1. The summed E-state index contributed by atoms with van der Waals surface area (Å²) < 4.78 is 5.10. The van der Waals surface area contributed by atoms with Gasteiger partial charge in [0.25, 0.3) is 0 Å². The van der Waals surface area contributed by atoms with Gasteiger partial charge in [-0.2, -0.15) is 0 Å². The summed E-state index contributed by atoms with van der Waals surface area (Å²) >= 11 is 0. The topological polar surface area (TPSA) is 9.86 Å². The van der Waals surface area contributed by atoms with Crippen molar-refractivity contribution < 1.29 is 0 Å². The van der Waals surface area contributed by atoms with Gasteiger partial charge in [-0.1, -0.05) is 231 Å². The highest BCUT2D eigenvalue weighted by Gasteiger charge is 2.49. The maximum absolute atomic E-state index is 2.60. The van der Waals surface area contributed by atoms with Gasteiger partial charge in [0, 0.05) is 50.9 Å². The molecule has 0 saturated heterocycles. The molecule has 0 bridgehead atoms. The summed E-state index contributed by atoms with van der Waals surface area (Å²) in [6.07, 6.45) is 4.77. The Morgan fingerprint density at radius 1 is 0.313 bits per heavy atom. The van der Waals surface area contributed by atoms with Crippen molar-refractivity contribution in [2.24, 2.45) is 0 Å². The highest BCUT2D eigenvalue weighted by Crippen LogP contribution is 2.60. The van der Waals surface area contributed by atoms with Crippen LogP contribution in [0.1, 0.15) is 44.5 Å². The lowest BCUT2D eigenvalue weighted by molar-refractivity contribution is 0.764. The van der Waals surface area contributed by atoms with Gasteiger partial charge in [0.2, 0.25) is 0 Å². The Hall–Kier alpha value is -8.46. The molecule has 12 aromatic rings. The van der Waals surface area contributed by atoms with Crippen molar-refractivity contribution in [3.8, 4) is 22.3 Å². The fraction of sp³-hybridized carbons (Fsp3) is 0.0462. The molecule has 2 nitrogen and oxygen atoms in total. The zero-order chi connectivity index (χ0) is 44.1. The molecule has 2 aromatic heterocycles. The molecule has 0 radical (unpaired) electrons. The van der Waals surface area contributed by atoms with Gasteiger partial charge in [-0.15, -0.1) is 0 Å². The van der Waals surface area contributed by atoms with Gasteiger partial charge in [-0.25, -0.2) is 0 Å². The van der Waals surface area contributed by atoms with E-state index >= 15 is 0 Å². The fourth-order valence-corrected chi connectivity index (χ4v) is 12.7. The molecule has 0 aliphatic heterocycles. The predicted octanol–water partition coefficient (Wildman–Crippen LogP) is 15.8. The molecule has 0 atom stereocenters. The van der Waals surface area contributed by atoms with Crippen LogP contribution in [0.5, 0.6) is 0 Å². The van der Waals surface area contributed by atoms with E-state index < -0.39 is 10.8 Å². The average molecular weight is 853 g/mol. The molecular weight excluding hydrogens is 809 g/mol. The molecule has 14 rings (SSSR count). The van der Waals surface area contributed by atoms with Crippen molar-refractivity contribution in [3.05, 3.63) is 293 Å². The molecule has 0 saturated carbocycles. The van der Waals surface area contributed by atoms with E-state index in [2.05, 4.69) is 264 Å². The van der Waals surface area contributed by atoms with E-state index in [4.69, 9.17) is 0 Å². The molecular formula is C65H44N2. The minimum absolute atomic E-state index is 0.537. The second kappa shape index (κ2) is 14.5. The van der Waals surface area contributed by atoms with Crippen LogP contribution in [0.2, 0.25) is 0 Å². The Bertz CT molecular complexity index is 3850. The summed E-state index contributed by atoms with van der Waals surface area (Å²) in [6.45, 7) is 0.669. The van der Waals surface area contributed by atoms with Gasteiger partial charge < -0.3 is 9.13 Å². The third-order valence-electron chi connectivity index (χ3n) is 15.2. The van der Waals surface area contributed by atoms with Crippen molar-refractivity contribution in [1.82, 2.24) is 9.13 Å². The van der Waals surface area contributed by atoms with Crippen molar-refractivity contribution >= 4 is 49.8 Å². The molecule has 2 heteroatoms. The Morgan fingerprint density at radius 3 is 1.21 bits per heavy atom.